The third-order valence-corrected chi connectivity index (χ3v) is 0.977. The lowest BCUT2D eigenvalue weighted by molar-refractivity contribution is -0.458. The minimum Gasteiger partial charge on any atom is -0.624 e. The largest absolute Gasteiger partial charge is 0.624 e. The summed E-state index contributed by atoms with van der Waals surface area (Å²) in [4.78, 5) is 0. The number of aliphatic hydroxyl groups excluding tert-OH is 2. The van der Waals surface area contributed by atoms with Gasteiger partial charge in [-0.25, -0.2) is 4.74 Å². The summed E-state index contributed by atoms with van der Waals surface area (Å²) in [5, 5.41) is 27.1. The van der Waals surface area contributed by atoms with Crippen LogP contribution >= 0.6 is 0 Å². The lowest BCUT2D eigenvalue weighted by Gasteiger charge is -2.03. The fourth-order valence-corrected chi connectivity index (χ4v) is 0.503. The van der Waals surface area contributed by atoms with Crippen LogP contribution in [0, 0.1) is 5.21 Å². The Balaban J connectivity index is 3.17. The highest BCUT2D eigenvalue weighted by atomic mass is 16.5. The lowest BCUT2D eigenvalue weighted by atomic mass is 10.6. The van der Waals surface area contributed by atoms with E-state index < -0.39 is 0 Å². The summed E-state index contributed by atoms with van der Waals surface area (Å²) in [6, 6.07) is 0. The average Bonchev–Trinajstić information content (AvgIpc) is 1.99. The van der Waals surface area contributed by atoms with Gasteiger partial charge in [0.05, 0.1) is 13.2 Å². The molecule has 5 nitrogen and oxygen atoms in total. The van der Waals surface area contributed by atoms with E-state index in [0.29, 0.717) is 4.74 Å². The summed E-state index contributed by atoms with van der Waals surface area (Å²) in [7, 11) is 0. The van der Waals surface area contributed by atoms with Gasteiger partial charge in [-0.2, -0.15) is 0 Å². The Kier molecular flexibility index (Phi) is 7.02. The molecule has 0 atom stereocenters. The maximum atomic E-state index is 10.6. The van der Waals surface area contributed by atoms with E-state index in [1.165, 1.54) is 0 Å². The number of nitrogens with zero attached hydrogens (tertiary/aromatic N) is 1. The first-order chi connectivity index (χ1) is 5.31. The molecule has 0 heterocycles. The normalized spacial score (nSPS) is 12.0. The zero-order valence-corrected chi connectivity index (χ0v) is 6.27. The van der Waals surface area contributed by atoms with Crippen molar-refractivity contribution in [2.75, 3.05) is 33.0 Å². The van der Waals surface area contributed by atoms with E-state index in [1.807, 2.05) is 0 Å². The van der Waals surface area contributed by atoms with Gasteiger partial charge in [-0.1, -0.05) is 0 Å². The number of aliphatic hydroxyl groups is 2. The molecule has 0 spiro atoms. The molecule has 0 aliphatic rings. The van der Waals surface area contributed by atoms with Crippen molar-refractivity contribution in [2.45, 2.75) is 0 Å². The third kappa shape index (κ3) is 7.24. The van der Waals surface area contributed by atoms with E-state index in [2.05, 4.69) is 0 Å². The molecule has 0 fully saturated rings. The van der Waals surface area contributed by atoms with Crippen LogP contribution in [-0.2, 0) is 4.74 Å². The van der Waals surface area contributed by atoms with Gasteiger partial charge in [0.1, 0.15) is 13.2 Å². The average molecular weight is 163 g/mol. The van der Waals surface area contributed by atoms with E-state index in [4.69, 9.17) is 14.9 Å². The number of ether oxygens (including phenoxy) is 1. The molecule has 0 aromatic heterocycles. The van der Waals surface area contributed by atoms with E-state index in [1.54, 1.807) is 0 Å². The topological polar surface area (TPSA) is 75.8 Å². The predicted octanol–water partition coefficient (Wildman–Crippen LogP) is -1.43. The Morgan fingerprint density at radius 2 is 2.09 bits per heavy atom. The van der Waals surface area contributed by atoms with E-state index in [-0.39, 0.29) is 33.0 Å². The number of rotatable bonds is 6. The fourth-order valence-electron chi connectivity index (χ4n) is 0.503. The van der Waals surface area contributed by atoms with Gasteiger partial charge in [-0.05, 0) is 0 Å². The lowest BCUT2D eigenvalue weighted by Crippen LogP contribution is -2.15. The maximum absolute atomic E-state index is 10.6. The van der Waals surface area contributed by atoms with Crippen LogP contribution < -0.4 is 0 Å². The monoisotopic (exact) mass is 163 g/mol. The summed E-state index contributed by atoms with van der Waals surface area (Å²) in [5.41, 5.74) is 0. The van der Waals surface area contributed by atoms with Crippen molar-refractivity contribution in [3.63, 3.8) is 0 Å². The summed E-state index contributed by atoms with van der Waals surface area (Å²) in [5.74, 6) is 0. The van der Waals surface area contributed by atoms with Crippen LogP contribution in [0.3, 0.4) is 0 Å². The molecule has 0 radical (unpaired) electrons. The van der Waals surface area contributed by atoms with E-state index in [9.17, 15) is 5.21 Å². The molecule has 0 saturated heterocycles. The number of hydrogen-bond donors (Lipinski definition) is 2. The molecule has 0 amide bonds. The van der Waals surface area contributed by atoms with Gasteiger partial charge >= 0.3 is 0 Å². The first-order valence-corrected chi connectivity index (χ1v) is 3.38. The standard InChI is InChI=1S/C6H13NO4/c8-3-1-7(10)2-5-11-6-4-9/h1,8-9H,2-6H2. The third-order valence-electron chi connectivity index (χ3n) is 0.977. The summed E-state index contributed by atoms with van der Waals surface area (Å²) < 4.78 is 5.40. The van der Waals surface area contributed by atoms with Crippen molar-refractivity contribution in [2.24, 2.45) is 0 Å². The van der Waals surface area contributed by atoms with E-state index >= 15 is 0 Å². The zero-order chi connectivity index (χ0) is 8.53. The smallest absolute Gasteiger partial charge is 0.176 e. The molecular formula is C6H13NO4. The summed E-state index contributed by atoms with van der Waals surface area (Å²) in [6.07, 6.45) is 1.11. The first kappa shape index (κ1) is 10.3. The Hall–Kier alpha value is -0.650. The molecule has 0 saturated carbocycles. The Bertz CT molecular complexity index is 115. The van der Waals surface area contributed by atoms with Crippen molar-refractivity contribution in [1.82, 2.24) is 0 Å². The molecule has 0 aromatic rings. The van der Waals surface area contributed by atoms with E-state index in [0.717, 1.165) is 6.21 Å². The van der Waals surface area contributed by atoms with Gasteiger partial charge in [0.2, 0.25) is 0 Å². The van der Waals surface area contributed by atoms with Crippen LogP contribution in [0.15, 0.2) is 0 Å². The molecule has 2 N–H and O–H groups in total. The molecule has 0 bridgehead atoms. The van der Waals surface area contributed by atoms with Crippen LogP contribution in [0.25, 0.3) is 0 Å². The van der Waals surface area contributed by atoms with Crippen molar-refractivity contribution in [1.29, 1.82) is 0 Å². The van der Waals surface area contributed by atoms with Crippen LogP contribution in [-0.4, -0.2) is 54.1 Å². The van der Waals surface area contributed by atoms with Crippen molar-refractivity contribution >= 4 is 6.21 Å². The first-order valence-electron chi connectivity index (χ1n) is 3.38. The Labute approximate surface area is 65.1 Å². The second kappa shape index (κ2) is 7.46. The Morgan fingerprint density at radius 3 is 2.64 bits per heavy atom. The minimum absolute atomic E-state index is 0.0391. The number of hydroxylamine groups is 1. The highest BCUT2D eigenvalue weighted by Crippen LogP contribution is 1.75. The Morgan fingerprint density at radius 1 is 1.36 bits per heavy atom. The summed E-state index contributed by atoms with van der Waals surface area (Å²) >= 11 is 0. The van der Waals surface area contributed by atoms with Crippen molar-refractivity contribution < 1.29 is 19.7 Å². The SMILES string of the molecule is [O-][N+](=CCO)CCOCCO. The molecule has 0 unspecified atom stereocenters. The zero-order valence-electron chi connectivity index (χ0n) is 6.27. The van der Waals surface area contributed by atoms with Crippen LogP contribution in [0.2, 0.25) is 0 Å². The quantitative estimate of drug-likeness (QED) is 0.165. The van der Waals surface area contributed by atoms with Gasteiger partial charge in [-0.15, -0.1) is 0 Å². The van der Waals surface area contributed by atoms with Crippen LogP contribution in [0.5, 0.6) is 0 Å². The molecule has 66 valence electrons. The van der Waals surface area contributed by atoms with Gasteiger partial charge in [0, 0.05) is 0 Å². The predicted molar refractivity (Wildman–Crippen MR) is 39.5 cm³/mol. The molecular weight excluding hydrogens is 150 g/mol. The van der Waals surface area contributed by atoms with Gasteiger partial charge < -0.3 is 20.2 Å². The summed E-state index contributed by atoms with van der Waals surface area (Å²) in [6.45, 7) is 0.389. The van der Waals surface area contributed by atoms with Crippen LogP contribution in [0.4, 0.5) is 0 Å². The minimum atomic E-state index is -0.260. The number of hydrogen-bond acceptors (Lipinski definition) is 4. The van der Waals surface area contributed by atoms with Crippen LogP contribution in [0.1, 0.15) is 0 Å². The molecule has 0 rings (SSSR count). The van der Waals surface area contributed by atoms with Gasteiger partial charge in [0.15, 0.2) is 12.8 Å². The second-order valence-electron chi connectivity index (χ2n) is 1.84. The maximum Gasteiger partial charge on any atom is 0.176 e. The highest BCUT2D eigenvalue weighted by Gasteiger charge is 1.92. The molecule has 11 heavy (non-hydrogen) atoms. The highest BCUT2D eigenvalue weighted by molar-refractivity contribution is 5.51. The van der Waals surface area contributed by atoms with Gasteiger partial charge in [0.25, 0.3) is 0 Å². The molecule has 0 aromatic carbocycles. The fraction of sp³-hybridized carbons (Fsp3) is 0.833. The molecule has 5 heteroatoms. The van der Waals surface area contributed by atoms with Gasteiger partial charge in [-0.3, -0.25) is 0 Å². The van der Waals surface area contributed by atoms with Crippen molar-refractivity contribution in [3.8, 4) is 0 Å². The second-order valence-corrected chi connectivity index (χ2v) is 1.84. The molecule has 0 aliphatic heterocycles. The van der Waals surface area contributed by atoms with Crippen molar-refractivity contribution in [3.05, 3.63) is 5.21 Å². The molecule has 0 aliphatic carbocycles.